The number of rotatable bonds is 5. The van der Waals surface area contributed by atoms with E-state index in [1.54, 1.807) is 9.21 Å². The lowest BCUT2D eigenvalue weighted by molar-refractivity contribution is -0.0345. The van der Waals surface area contributed by atoms with Crippen LogP contribution in [0.3, 0.4) is 0 Å². The summed E-state index contributed by atoms with van der Waals surface area (Å²) in [7, 11) is -3.48. The smallest absolute Gasteiger partial charge is 0.317 e. The Balaban J connectivity index is 1.21. The van der Waals surface area contributed by atoms with Crippen molar-refractivity contribution in [3.05, 3.63) is 71.3 Å². The molecule has 1 N–H and O–H groups in total. The van der Waals surface area contributed by atoms with E-state index >= 15 is 0 Å². The molecule has 32 heavy (non-hydrogen) atoms. The molecule has 2 aromatic carbocycles. The molecule has 0 radical (unpaired) electrons. The number of carbonyl (C=O) groups is 1. The van der Waals surface area contributed by atoms with E-state index in [9.17, 15) is 13.2 Å². The van der Waals surface area contributed by atoms with Crippen LogP contribution in [0, 0.1) is 12.8 Å². The summed E-state index contributed by atoms with van der Waals surface area (Å²) in [5.74, 6) is -0.0995. The molecule has 2 aromatic rings. The van der Waals surface area contributed by atoms with Gasteiger partial charge in [-0.05, 0) is 24.5 Å². The van der Waals surface area contributed by atoms with E-state index in [1.165, 1.54) is 5.56 Å². The molecule has 3 aliphatic heterocycles. The van der Waals surface area contributed by atoms with E-state index in [0.29, 0.717) is 32.7 Å². The third kappa shape index (κ3) is 4.02. The van der Waals surface area contributed by atoms with Crippen molar-refractivity contribution in [2.45, 2.75) is 37.3 Å². The van der Waals surface area contributed by atoms with Crippen LogP contribution in [0.2, 0.25) is 0 Å². The fourth-order valence-corrected chi connectivity index (χ4v) is 7.45. The number of aryl methyl sites for hydroxylation is 1. The number of likely N-dealkylation sites (tertiary alicyclic amines) is 1. The summed E-state index contributed by atoms with van der Waals surface area (Å²) >= 11 is 0. The van der Waals surface area contributed by atoms with Crippen LogP contribution in [-0.4, -0.2) is 67.3 Å². The molecule has 2 bridgehead atoms. The van der Waals surface area contributed by atoms with Gasteiger partial charge in [-0.3, -0.25) is 0 Å². The Hall–Kier alpha value is -2.42. The Bertz CT molecular complexity index is 1070. The number of urea groups is 1. The molecule has 2 amide bonds. The van der Waals surface area contributed by atoms with Crippen LogP contribution in [0.4, 0.5) is 4.79 Å². The van der Waals surface area contributed by atoms with Gasteiger partial charge in [-0.1, -0.05) is 60.2 Å². The zero-order chi connectivity index (χ0) is 22.3. The summed E-state index contributed by atoms with van der Waals surface area (Å²) in [4.78, 5) is 14.4. The van der Waals surface area contributed by atoms with Crippen molar-refractivity contribution < 1.29 is 17.9 Å². The van der Waals surface area contributed by atoms with E-state index in [-0.39, 0.29) is 18.1 Å². The monoisotopic (exact) mass is 455 g/mol. The van der Waals surface area contributed by atoms with Crippen LogP contribution in [-0.2, 0) is 27.7 Å². The number of sulfonamides is 1. The van der Waals surface area contributed by atoms with Gasteiger partial charge in [0, 0.05) is 32.1 Å². The highest BCUT2D eigenvalue weighted by Crippen LogP contribution is 2.43. The third-order valence-electron chi connectivity index (χ3n) is 6.83. The Morgan fingerprint density at radius 2 is 1.72 bits per heavy atom. The molecule has 0 aliphatic carbocycles. The number of morpholine rings is 1. The number of nitrogens with one attached hydrogen (secondary N) is 1. The topological polar surface area (TPSA) is 79.0 Å². The first-order chi connectivity index (χ1) is 15.4. The van der Waals surface area contributed by atoms with Gasteiger partial charge in [0.1, 0.15) is 5.25 Å². The molecule has 4 unspecified atom stereocenters. The van der Waals surface area contributed by atoms with Crippen molar-refractivity contribution in [1.29, 1.82) is 0 Å². The Morgan fingerprint density at radius 3 is 2.47 bits per heavy atom. The number of nitrogens with zero attached hydrogens (tertiary/aromatic N) is 2. The first kappa shape index (κ1) is 21.4. The minimum Gasteiger partial charge on any atom is -0.369 e. The Kier molecular flexibility index (Phi) is 5.69. The van der Waals surface area contributed by atoms with E-state index < -0.39 is 21.4 Å². The maximum atomic E-state index is 13.3. The van der Waals surface area contributed by atoms with Gasteiger partial charge in [-0.15, -0.1) is 0 Å². The van der Waals surface area contributed by atoms with Gasteiger partial charge in [0.25, 0.3) is 0 Å². The van der Waals surface area contributed by atoms with E-state index in [4.69, 9.17) is 4.74 Å². The van der Waals surface area contributed by atoms with Crippen molar-refractivity contribution in [3.8, 4) is 0 Å². The molecular weight excluding hydrogens is 426 g/mol. The van der Waals surface area contributed by atoms with Gasteiger partial charge in [-0.2, -0.15) is 4.31 Å². The minimum atomic E-state index is -3.48. The lowest BCUT2D eigenvalue weighted by Crippen LogP contribution is -2.52. The highest BCUT2D eigenvalue weighted by atomic mass is 32.2. The van der Waals surface area contributed by atoms with E-state index in [2.05, 4.69) is 5.32 Å². The molecule has 8 heteroatoms. The van der Waals surface area contributed by atoms with Gasteiger partial charge in [-0.25, -0.2) is 13.2 Å². The molecule has 0 aromatic heterocycles. The zero-order valence-electron chi connectivity index (χ0n) is 18.2. The second-order valence-electron chi connectivity index (χ2n) is 9.04. The summed E-state index contributed by atoms with van der Waals surface area (Å²) in [6.07, 6.45) is 0.0558. The first-order valence-corrected chi connectivity index (χ1v) is 12.7. The first-order valence-electron chi connectivity index (χ1n) is 11.2. The fraction of sp³-hybridized carbons (Fsp3) is 0.458. The number of benzene rings is 2. The predicted molar refractivity (Wildman–Crippen MR) is 122 cm³/mol. The molecule has 170 valence electrons. The standard InChI is InChI=1S/C24H29N3O4S/c1-17-7-9-19(10-8-17)13-27-14-20-21-15-26(16-22(31-21)23(20)32(27,29)30)24(28)25-12-11-18-5-3-2-4-6-18/h2-10,20-23H,11-16H2,1H3,(H,25,28). The summed E-state index contributed by atoms with van der Waals surface area (Å²) < 4.78 is 34.3. The highest BCUT2D eigenvalue weighted by molar-refractivity contribution is 7.90. The number of ether oxygens (including phenoxy) is 1. The van der Waals surface area contributed by atoms with Gasteiger partial charge in [0.2, 0.25) is 10.0 Å². The summed E-state index contributed by atoms with van der Waals surface area (Å²) in [6, 6.07) is 17.8. The molecule has 0 saturated carbocycles. The van der Waals surface area contributed by atoms with Gasteiger partial charge >= 0.3 is 6.03 Å². The molecule has 0 spiro atoms. The third-order valence-corrected chi connectivity index (χ3v) is 9.17. The van der Waals surface area contributed by atoms with Crippen molar-refractivity contribution in [1.82, 2.24) is 14.5 Å². The summed E-state index contributed by atoms with van der Waals surface area (Å²) in [6.45, 7) is 4.15. The zero-order valence-corrected chi connectivity index (χ0v) is 19.0. The second-order valence-corrected chi connectivity index (χ2v) is 11.1. The lowest BCUT2D eigenvalue weighted by atomic mass is 10.00. The normalized spacial score (nSPS) is 28.5. The summed E-state index contributed by atoms with van der Waals surface area (Å²) in [5.41, 5.74) is 3.31. The quantitative estimate of drug-likeness (QED) is 0.750. The van der Waals surface area contributed by atoms with Crippen LogP contribution in [0.15, 0.2) is 54.6 Å². The summed E-state index contributed by atoms with van der Waals surface area (Å²) in [5, 5.41) is 2.40. The SMILES string of the molecule is Cc1ccc(CN2CC3C4CN(C(=O)NCCc5ccccc5)CC(O4)C3S2(=O)=O)cc1. The number of fused-ring (bicyclic) bond motifs is 5. The average molecular weight is 456 g/mol. The number of hydrogen-bond acceptors (Lipinski definition) is 4. The van der Waals surface area contributed by atoms with Gasteiger partial charge in [0.05, 0.1) is 18.8 Å². The fourth-order valence-electron chi connectivity index (χ4n) is 5.16. The van der Waals surface area contributed by atoms with Crippen molar-refractivity contribution >= 4 is 16.1 Å². The molecule has 7 nitrogen and oxygen atoms in total. The van der Waals surface area contributed by atoms with Gasteiger partial charge in [0.15, 0.2) is 0 Å². The Labute approximate surface area is 189 Å². The molecule has 5 rings (SSSR count). The largest absolute Gasteiger partial charge is 0.369 e. The lowest BCUT2D eigenvalue weighted by Gasteiger charge is -2.34. The van der Waals surface area contributed by atoms with Crippen molar-refractivity contribution in [2.75, 3.05) is 26.2 Å². The Morgan fingerprint density at radius 1 is 1.00 bits per heavy atom. The van der Waals surface area contributed by atoms with Crippen LogP contribution in [0.5, 0.6) is 0 Å². The van der Waals surface area contributed by atoms with Crippen LogP contribution in [0.1, 0.15) is 16.7 Å². The number of carbonyl (C=O) groups excluding carboxylic acids is 1. The van der Waals surface area contributed by atoms with E-state index in [1.807, 2.05) is 61.5 Å². The molecule has 4 atom stereocenters. The maximum absolute atomic E-state index is 13.3. The van der Waals surface area contributed by atoms with Crippen LogP contribution >= 0.6 is 0 Å². The number of amides is 2. The van der Waals surface area contributed by atoms with Crippen LogP contribution in [0.25, 0.3) is 0 Å². The predicted octanol–water partition coefficient (Wildman–Crippen LogP) is 2.16. The molecule has 3 aliphatic rings. The highest BCUT2D eigenvalue weighted by Gasteiger charge is 2.61. The van der Waals surface area contributed by atoms with Crippen molar-refractivity contribution in [3.63, 3.8) is 0 Å². The molecule has 3 fully saturated rings. The average Bonchev–Trinajstić information content (AvgIpc) is 3.20. The second kappa shape index (κ2) is 8.50. The number of hydrogen-bond donors (Lipinski definition) is 1. The van der Waals surface area contributed by atoms with Crippen LogP contribution < -0.4 is 5.32 Å². The maximum Gasteiger partial charge on any atom is 0.317 e. The van der Waals surface area contributed by atoms with E-state index in [0.717, 1.165) is 17.5 Å². The van der Waals surface area contributed by atoms with Crippen molar-refractivity contribution in [2.24, 2.45) is 5.92 Å². The molecule has 3 heterocycles. The van der Waals surface area contributed by atoms with Gasteiger partial charge < -0.3 is 15.0 Å². The molecule has 3 saturated heterocycles. The minimum absolute atomic E-state index is 0.0995. The molecular formula is C24H29N3O4S.